The first-order chi connectivity index (χ1) is 18.2. The molecule has 4 aromatic rings. The number of rotatable bonds is 5. The Morgan fingerprint density at radius 2 is 1.50 bits per heavy atom. The first-order valence-electron chi connectivity index (χ1n) is 13.2. The second-order valence-electron chi connectivity index (χ2n) is 11.2. The number of hydrogen-bond acceptors (Lipinski definition) is 5. The smallest absolute Gasteiger partial charge is 0.308 e. The van der Waals surface area contributed by atoms with E-state index in [-0.39, 0.29) is 11.4 Å². The molecule has 2 aromatic carbocycles. The van der Waals surface area contributed by atoms with Gasteiger partial charge in [0, 0.05) is 67.6 Å². The molecule has 8 heteroatoms. The highest BCUT2D eigenvalue weighted by molar-refractivity contribution is 6.00. The van der Waals surface area contributed by atoms with E-state index in [1.165, 1.54) is 5.56 Å². The van der Waals surface area contributed by atoms with Crippen LogP contribution in [-0.4, -0.2) is 63.8 Å². The molecule has 1 saturated heterocycles. The van der Waals surface area contributed by atoms with E-state index >= 15 is 0 Å². The Labute approximate surface area is 224 Å². The average Bonchev–Trinajstić information content (AvgIpc) is 3.27. The summed E-state index contributed by atoms with van der Waals surface area (Å²) < 4.78 is 1.81. The van der Waals surface area contributed by atoms with Crippen molar-refractivity contribution in [3.05, 3.63) is 72.1 Å². The van der Waals surface area contributed by atoms with Crippen LogP contribution < -0.4 is 10.6 Å². The van der Waals surface area contributed by atoms with Crippen molar-refractivity contribution < 1.29 is 4.79 Å². The van der Waals surface area contributed by atoms with E-state index in [1.807, 2.05) is 54.3 Å². The molecule has 0 bridgehead atoms. The SMILES string of the molecule is CN1CCN(Cc2ccc(NC(=O)Nc3ccc(-c4cc(C(C)(C)C)nc5c4cnn5C)cc3)cc2)CC1. The number of carbonyl (C=O) groups is 1. The highest BCUT2D eigenvalue weighted by Gasteiger charge is 2.20. The zero-order chi connectivity index (χ0) is 26.9. The first-order valence-corrected chi connectivity index (χ1v) is 13.2. The van der Waals surface area contributed by atoms with E-state index in [2.05, 4.69) is 71.6 Å². The van der Waals surface area contributed by atoms with Gasteiger partial charge in [-0.15, -0.1) is 0 Å². The zero-order valence-corrected chi connectivity index (χ0v) is 23.0. The summed E-state index contributed by atoms with van der Waals surface area (Å²) in [5, 5.41) is 11.3. The van der Waals surface area contributed by atoms with Gasteiger partial charge in [-0.1, -0.05) is 45.0 Å². The van der Waals surface area contributed by atoms with Gasteiger partial charge in [0.25, 0.3) is 0 Å². The minimum atomic E-state index is -0.266. The average molecular weight is 512 g/mol. The molecule has 1 fully saturated rings. The topological polar surface area (TPSA) is 78.3 Å². The number of piperazine rings is 1. The Morgan fingerprint density at radius 1 is 0.895 bits per heavy atom. The van der Waals surface area contributed by atoms with E-state index in [0.29, 0.717) is 0 Å². The number of aryl methyl sites for hydroxylation is 1. The third-order valence-corrected chi connectivity index (χ3v) is 7.14. The molecule has 0 atom stereocenters. The number of fused-ring (bicyclic) bond motifs is 1. The van der Waals surface area contributed by atoms with Crippen LogP contribution in [0.4, 0.5) is 16.2 Å². The van der Waals surface area contributed by atoms with Crippen molar-refractivity contribution in [3.8, 4) is 11.1 Å². The number of likely N-dealkylation sites (N-methyl/N-ethyl adjacent to an activating group) is 1. The van der Waals surface area contributed by atoms with Gasteiger partial charge in [0.1, 0.15) is 0 Å². The number of pyridine rings is 1. The number of nitrogens with one attached hydrogen (secondary N) is 2. The van der Waals surface area contributed by atoms with Gasteiger partial charge in [-0.05, 0) is 54.1 Å². The van der Waals surface area contributed by atoms with Crippen molar-refractivity contribution in [3.63, 3.8) is 0 Å². The Bertz CT molecular complexity index is 1410. The van der Waals surface area contributed by atoms with E-state index in [1.54, 1.807) is 0 Å². The zero-order valence-electron chi connectivity index (χ0n) is 23.0. The molecule has 5 rings (SSSR count). The summed E-state index contributed by atoms with van der Waals surface area (Å²) in [5.74, 6) is 0. The maximum atomic E-state index is 12.6. The molecule has 2 amide bonds. The van der Waals surface area contributed by atoms with Crippen LogP contribution in [0.3, 0.4) is 0 Å². The predicted octanol–water partition coefficient (Wildman–Crippen LogP) is 5.32. The fourth-order valence-electron chi connectivity index (χ4n) is 4.72. The Morgan fingerprint density at radius 3 is 2.11 bits per heavy atom. The van der Waals surface area contributed by atoms with E-state index < -0.39 is 0 Å². The summed E-state index contributed by atoms with van der Waals surface area (Å²) >= 11 is 0. The Hall–Kier alpha value is -3.75. The third-order valence-electron chi connectivity index (χ3n) is 7.14. The highest BCUT2D eigenvalue weighted by atomic mass is 16.2. The molecule has 0 spiro atoms. The summed E-state index contributed by atoms with van der Waals surface area (Å²) in [5.41, 5.74) is 6.68. The lowest BCUT2D eigenvalue weighted by Crippen LogP contribution is -2.43. The van der Waals surface area contributed by atoms with Gasteiger partial charge in [0.05, 0.1) is 6.20 Å². The summed E-state index contributed by atoms with van der Waals surface area (Å²) in [6.45, 7) is 11.8. The monoisotopic (exact) mass is 511 g/mol. The maximum Gasteiger partial charge on any atom is 0.323 e. The minimum Gasteiger partial charge on any atom is -0.308 e. The van der Waals surface area contributed by atoms with Gasteiger partial charge in [0.2, 0.25) is 0 Å². The normalized spacial score (nSPS) is 15.1. The van der Waals surface area contributed by atoms with Crippen LogP contribution in [0, 0.1) is 0 Å². The molecule has 0 aliphatic carbocycles. The van der Waals surface area contributed by atoms with Gasteiger partial charge in [-0.25, -0.2) is 9.78 Å². The van der Waals surface area contributed by atoms with E-state index in [0.717, 1.165) is 72.0 Å². The molecule has 0 radical (unpaired) electrons. The van der Waals surface area contributed by atoms with Crippen LogP contribution in [0.25, 0.3) is 22.2 Å². The molecule has 2 aromatic heterocycles. The number of anilines is 2. The number of carbonyl (C=O) groups excluding carboxylic acids is 1. The molecule has 0 saturated carbocycles. The number of urea groups is 1. The lowest BCUT2D eigenvalue weighted by atomic mass is 9.89. The van der Waals surface area contributed by atoms with Gasteiger partial charge in [-0.2, -0.15) is 5.10 Å². The van der Waals surface area contributed by atoms with Gasteiger partial charge in [0.15, 0.2) is 5.65 Å². The van der Waals surface area contributed by atoms with Crippen molar-refractivity contribution in [1.82, 2.24) is 24.6 Å². The Kier molecular flexibility index (Phi) is 7.19. The van der Waals surface area contributed by atoms with E-state index in [4.69, 9.17) is 4.98 Å². The summed E-state index contributed by atoms with van der Waals surface area (Å²) in [7, 11) is 4.08. The third kappa shape index (κ3) is 5.87. The van der Waals surface area contributed by atoms with Gasteiger partial charge in [-0.3, -0.25) is 9.58 Å². The number of benzene rings is 2. The van der Waals surface area contributed by atoms with Crippen LogP contribution in [-0.2, 0) is 19.0 Å². The molecular weight excluding hydrogens is 474 g/mol. The minimum absolute atomic E-state index is 0.0877. The fraction of sp³-hybridized carbons (Fsp3) is 0.367. The molecule has 1 aliphatic heterocycles. The van der Waals surface area contributed by atoms with Crippen LogP contribution in [0.5, 0.6) is 0 Å². The van der Waals surface area contributed by atoms with Gasteiger partial charge < -0.3 is 15.5 Å². The fourth-order valence-corrected chi connectivity index (χ4v) is 4.72. The number of nitrogens with zero attached hydrogens (tertiary/aromatic N) is 5. The number of hydrogen-bond donors (Lipinski definition) is 2. The first kappa shape index (κ1) is 25.9. The largest absolute Gasteiger partial charge is 0.323 e. The van der Waals surface area contributed by atoms with Crippen LogP contribution in [0.1, 0.15) is 32.0 Å². The number of amides is 2. The molecule has 3 heterocycles. The number of aromatic nitrogens is 3. The van der Waals surface area contributed by atoms with Crippen molar-refractivity contribution in [1.29, 1.82) is 0 Å². The molecule has 38 heavy (non-hydrogen) atoms. The second-order valence-corrected chi connectivity index (χ2v) is 11.2. The summed E-state index contributed by atoms with van der Waals surface area (Å²) in [4.78, 5) is 22.3. The molecule has 2 N–H and O–H groups in total. The molecular formula is C30H37N7O. The summed E-state index contributed by atoms with van der Waals surface area (Å²) in [6, 6.07) is 17.9. The van der Waals surface area contributed by atoms with Crippen molar-refractivity contribution in [2.45, 2.75) is 32.7 Å². The van der Waals surface area contributed by atoms with E-state index in [9.17, 15) is 4.79 Å². The highest BCUT2D eigenvalue weighted by Crippen LogP contribution is 2.33. The van der Waals surface area contributed by atoms with Crippen molar-refractivity contribution in [2.75, 3.05) is 43.9 Å². The molecule has 0 unspecified atom stereocenters. The lowest BCUT2D eigenvalue weighted by Gasteiger charge is -2.32. The quantitative estimate of drug-likeness (QED) is 0.379. The van der Waals surface area contributed by atoms with Gasteiger partial charge >= 0.3 is 6.03 Å². The van der Waals surface area contributed by atoms with Crippen molar-refractivity contribution >= 4 is 28.4 Å². The Balaban J connectivity index is 1.23. The summed E-state index contributed by atoms with van der Waals surface area (Å²) in [6.07, 6.45) is 1.86. The maximum absolute atomic E-state index is 12.6. The second kappa shape index (κ2) is 10.6. The van der Waals surface area contributed by atoms with Crippen LogP contribution >= 0.6 is 0 Å². The lowest BCUT2D eigenvalue weighted by molar-refractivity contribution is 0.148. The molecule has 198 valence electrons. The predicted molar refractivity (Wildman–Crippen MR) is 155 cm³/mol. The standard InChI is InChI=1S/C30H37N7O/c1-30(2,3)27-18-25(26-19-31-36(5)28(26)34-27)22-8-12-24(13-9-22)33-29(38)32-23-10-6-21(7-11-23)20-37-16-14-35(4)15-17-37/h6-13,18-19H,14-17,20H2,1-5H3,(H2,32,33,38). The van der Waals surface area contributed by atoms with Crippen molar-refractivity contribution in [2.24, 2.45) is 7.05 Å². The van der Waals surface area contributed by atoms with Crippen LogP contribution in [0.15, 0.2) is 60.8 Å². The molecule has 1 aliphatic rings. The van der Waals surface area contributed by atoms with Crippen LogP contribution in [0.2, 0.25) is 0 Å². The molecule has 8 nitrogen and oxygen atoms in total.